The minimum absolute atomic E-state index is 0.0606. The fourth-order valence-corrected chi connectivity index (χ4v) is 7.11. The number of fused-ring (bicyclic) bond motifs is 2. The van der Waals surface area contributed by atoms with Crippen molar-refractivity contribution in [1.29, 1.82) is 0 Å². The van der Waals surface area contributed by atoms with E-state index in [4.69, 9.17) is 9.47 Å². The molecule has 5 rings (SSSR count). The van der Waals surface area contributed by atoms with Gasteiger partial charge in [-0.25, -0.2) is 0 Å². The molecule has 7 atom stereocenters. The first-order valence-electron chi connectivity index (χ1n) is 15.6. The molecule has 4 aliphatic heterocycles. The number of unbranched alkanes of at least 4 members (excludes halogenated alkanes) is 1. The summed E-state index contributed by atoms with van der Waals surface area (Å²) in [5, 5.41) is 0. The molecule has 1 aromatic rings. The first kappa shape index (κ1) is 31.0. The fourth-order valence-electron chi connectivity index (χ4n) is 7.11. The van der Waals surface area contributed by atoms with Crippen LogP contribution in [-0.2, 0) is 28.7 Å². The molecule has 4 heterocycles. The normalized spacial score (nSPS) is 34.1. The second-order valence-electron chi connectivity index (χ2n) is 13.2. The number of benzene rings is 1. The lowest BCUT2D eigenvalue weighted by Crippen LogP contribution is -2.59. The maximum atomic E-state index is 14.5. The number of hydrogen-bond acceptors (Lipinski definition) is 6. The Kier molecular flexibility index (Phi) is 8.58. The van der Waals surface area contributed by atoms with Gasteiger partial charge in [-0.2, -0.15) is 0 Å². The number of allylic oxidation sites excluding steroid dienone is 1. The zero-order chi connectivity index (χ0) is 31.1. The smallest absolute Gasteiger partial charge is 0.313 e. The van der Waals surface area contributed by atoms with Gasteiger partial charge in [-0.05, 0) is 46.1 Å². The molecule has 2 saturated heterocycles. The van der Waals surface area contributed by atoms with Gasteiger partial charge in [-0.3, -0.25) is 19.2 Å². The Bertz CT molecular complexity index is 1300. The minimum Gasteiger partial charge on any atom is -0.455 e. The molecule has 0 unspecified atom stereocenters. The molecule has 1 spiro atoms. The number of amides is 3. The molecule has 3 amide bonds. The Morgan fingerprint density at radius 2 is 1.74 bits per heavy atom. The number of cyclic esters (lactones) is 1. The third-order valence-corrected chi connectivity index (χ3v) is 9.42. The van der Waals surface area contributed by atoms with Gasteiger partial charge in [0.2, 0.25) is 17.7 Å². The largest absolute Gasteiger partial charge is 0.455 e. The van der Waals surface area contributed by atoms with Crippen molar-refractivity contribution in [2.24, 2.45) is 11.8 Å². The molecule has 0 aromatic heterocycles. The van der Waals surface area contributed by atoms with Crippen molar-refractivity contribution < 1.29 is 28.7 Å². The lowest BCUT2D eigenvalue weighted by molar-refractivity contribution is -0.165. The van der Waals surface area contributed by atoms with E-state index in [9.17, 15) is 19.2 Å². The fraction of sp³-hybridized carbons (Fsp3) is 0.588. The van der Waals surface area contributed by atoms with Crippen molar-refractivity contribution in [3.63, 3.8) is 0 Å². The SMILES string of the molecule is CCCCN1CC=C[C@]23O[C@@H]4/C=C/CCC(=O)N(C)[C@H](C)[C@@H](c5ccccc5)OC(=O)[C@@H]4[C@H]2C(=O)N(C(C)(C)C)[C@@H]3C1=O. The second kappa shape index (κ2) is 11.9. The molecule has 9 nitrogen and oxygen atoms in total. The highest BCUT2D eigenvalue weighted by atomic mass is 16.6. The second-order valence-corrected chi connectivity index (χ2v) is 13.2. The summed E-state index contributed by atoms with van der Waals surface area (Å²) in [4.78, 5) is 61.3. The van der Waals surface area contributed by atoms with Crippen LogP contribution in [0, 0.1) is 11.8 Å². The number of esters is 1. The molecular formula is C34H45N3O6. The van der Waals surface area contributed by atoms with E-state index in [2.05, 4.69) is 6.92 Å². The van der Waals surface area contributed by atoms with Crippen molar-refractivity contribution in [3.8, 4) is 0 Å². The quantitative estimate of drug-likeness (QED) is 0.387. The lowest BCUT2D eigenvalue weighted by Gasteiger charge is -2.41. The summed E-state index contributed by atoms with van der Waals surface area (Å²) in [6, 6.07) is 7.99. The topological polar surface area (TPSA) is 96.5 Å². The third-order valence-electron chi connectivity index (χ3n) is 9.42. The number of carbonyl (C=O) groups excluding carboxylic acids is 4. The third kappa shape index (κ3) is 5.41. The van der Waals surface area contributed by atoms with Gasteiger partial charge in [0.05, 0.1) is 18.1 Å². The molecule has 0 saturated carbocycles. The number of carbonyl (C=O) groups is 4. The Morgan fingerprint density at radius 1 is 1.02 bits per heavy atom. The summed E-state index contributed by atoms with van der Waals surface area (Å²) in [6.45, 7) is 10.7. The van der Waals surface area contributed by atoms with Crippen molar-refractivity contribution in [1.82, 2.24) is 14.7 Å². The highest BCUT2D eigenvalue weighted by molar-refractivity contribution is 5.99. The number of rotatable bonds is 4. The number of likely N-dealkylation sites (tertiary alicyclic amines) is 1. The van der Waals surface area contributed by atoms with Crippen LogP contribution >= 0.6 is 0 Å². The van der Waals surface area contributed by atoms with E-state index in [1.54, 1.807) is 27.8 Å². The number of nitrogens with zero attached hydrogens (tertiary/aromatic N) is 3. The predicted octanol–water partition coefficient (Wildman–Crippen LogP) is 4.05. The first-order valence-corrected chi connectivity index (χ1v) is 15.6. The van der Waals surface area contributed by atoms with Crippen molar-refractivity contribution in [2.75, 3.05) is 20.1 Å². The van der Waals surface area contributed by atoms with E-state index < -0.39 is 53.2 Å². The molecule has 2 fully saturated rings. The highest BCUT2D eigenvalue weighted by Gasteiger charge is 2.73. The van der Waals surface area contributed by atoms with Crippen LogP contribution in [0.5, 0.6) is 0 Å². The average molecular weight is 592 g/mol. The number of hydrogen-bond donors (Lipinski definition) is 0. The Hall–Kier alpha value is -3.46. The van der Waals surface area contributed by atoms with Crippen LogP contribution in [0.2, 0.25) is 0 Å². The van der Waals surface area contributed by atoms with Crippen LogP contribution in [0.4, 0.5) is 0 Å². The summed E-state index contributed by atoms with van der Waals surface area (Å²) in [6.07, 6.45) is 8.34. The van der Waals surface area contributed by atoms with Gasteiger partial charge in [0.1, 0.15) is 23.7 Å². The zero-order valence-corrected chi connectivity index (χ0v) is 26.2. The average Bonchev–Trinajstić information content (AvgIpc) is 3.38. The molecule has 0 bridgehead atoms. The van der Waals surface area contributed by atoms with Gasteiger partial charge < -0.3 is 24.2 Å². The maximum Gasteiger partial charge on any atom is 0.313 e. The Morgan fingerprint density at radius 3 is 2.42 bits per heavy atom. The molecule has 232 valence electrons. The molecule has 0 N–H and O–H groups in total. The summed E-state index contributed by atoms with van der Waals surface area (Å²) < 4.78 is 13.1. The molecule has 1 aromatic carbocycles. The van der Waals surface area contributed by atoms with Crippen molar-refractivity contribution in [3.05, 3.63) is 60.2 Å². The summed E-state index contributed by atoms with van der Waals surface area (Å²) in [5.74, 6) is -3.00. The van der Waals surface area contributed by atoms with Crippen LogP contribution in [0.15, 0.2) is 54.6 Å². The minimum atomic E-state index is -1.33. The Labute approximate surface area is 254 Å². The van der Waals surface area contributed by atoms with E-state index in [1.165, 1.54) is 0 Å². The summed E-state index contributed by atoms with van der Waals surface area (Å²) in [5.41, 5.74) is -1.27. The lowest BCUT2D eigenvalue weighted by atomic mass is 9.77. The van der Waals surface area contributed by atoms with E-state index in [0.29, 0.717) is 19.5 Å². The Balaban J connectivity index is 1.62. The van der Waals surface area contributed by atoms with Gasteiger partial charge in [-0.1, -0.05) is 68.0 Å². The number of ether oxygens (including phenoxy) is 2. The van der Waals surface area contributed by atoms with Gasteiger partial charge in [0.25, 0.3) is 0 Å². The predicted molar refractivity (Wildman–Crippen MR) is 161 cm³/mol. The van der Waals surface area contributed by atoms with Gasteiger partial charge in [0, 0.05) is 32.1 Å². The number of likely N-dealkylation sites (N-methyl/N-ethyl adjacent to an activating group) is 1. The molecule has 0 radical (unpaired) electrons. The maximum absolute atomic E-state index is 14.5. The first-order chi connectivity index (χ1) is 20.4. The van der Waals surface area contributed by atoms with Crippen LogP contribution in [0.1, 0.15) is 72.0 Å². The monoisotopic (exact) mass is 591 g/mol. The summed E-state index contributed by atoms with van der Waals surface area (Å²) in [7, 11) is 1.72. The van der Waals surface area contributed by atoms with Crippen molar-refractivity contribution in [2.45, 2.75) is 95.7 Å². The standard InChI is InChI=1S/C34H45N3O6/c1-7-8-20-36-21-14-19-34-27(30(39)37(33(3,4)5)29(34)31(36)40)26-24(43-34)17-12-13-18-25(38)35(6)22(2)28(42-32(26)41)23-15-10-9-11-16-23/h9-12,14-17,19,22,24,26-29H,7-8,13,18,20-21H2,1-6H3/b17-12+/t22-,24-,26+,27+,28+,29-,34+/m1/s1. The zero-order valence-electron chi connectivity index (χ0n) is 26.2. The van der Waals surface area contributed by atoms with E-state index in [-0.39, 0.29) is 24.1 Å². The molecule has 43 heavy (non-hydrogen) atoms. The molecular weight excluding hydrogens is 546 g/mol. The van der Waals surface area contributed by atoms with E-state index in [0.717, 1.165) is 18.4 Å². The van der Waals surface area contributed by atoms with Crippen molar-refractivity contribution >= 4 is 23.7 Å². The molecule has 9 heteroatoms. The van der Waals surface area contributed by atoms with E-state index in [1.807, 2.05) is 76.3 Å². The van der Waals surface area contributed by atoms with Gasteiger partial charge in [-0.15, -0.1) is 0 Å². The van der Waals surface area contributed by atoms with Gasteiger partial charge >= 0.3 is 5.97 Å². The van der Waals surface area contributed by atoms with Gasteiger partial charge in [0.15, 0.2) is 0 Å². The molecule has 4 aliphatic rings. The van der Waals surface area contributed by atoms with Crippen LogP contribution < -0.4 is 0 Å². The van der Waals surface area contributed by atoms with Crippen LogP contribution in [0.25, 0.3) is 0 Å². The van der Waals surface area contributed by atoms with Crippen LogP contribution in [-0.4, -0.2) is 87.9 Å². The molecule has 0 aliphatic carbocycles. The van der Waals surface area contributed by atoms with E-state index >= 15 is 0 Å². The summed E-state index contributed by atoms with van der Waals surface area (Å²) >= 11 is 0. The van der Waals surface area contributed by atoms with Crippen LogP contribution in [0.3, 0.4) is 0 Å². The highest BCUT2D eigenvalue weighted by Crippen LogP contribution is 2.54.